The van der Waals surface area contributed by atoms with Crippen LogP contribution in [0.4, 0.5) is 5.13 Å². The van der Waals surface area contributed by atoms with Gasteiger partial charge in [0, 0.05) is 6.42 Å². The molecule has 1 amide bonds. The Morgan fingerprint density at radius 3 is 2.60 bits per heavy atom. The summed E-state index contributed by atoms with van der Waals surface area (Å²) < 4.78 is 24.7. The van der Waals surface area contributed by atoms with Crippen LogP contribution < -0.4 is 5.32 Å². The molecular formula is C17H23N3O3S2. The van der Waals surface area contributed by atoms with Gasteiger partial charge in [0.1, 0.15) is 5.01 Å². The van der Waals surface area contributed by atoms with Crippen molar-refractivity contribution in [1.29, 1.82) is 0 Å². The molecule has 1 heterocycles. The van der Waals surface area contributed by atoms with Gasteiger partial charge in [-0.3, -0.25) is 10.1 Å². The molecule has 8 heteroatoms. The van der Waals surface area contributed by atoms with Gasteiger partial charge in [0.25, 0.3) is 5.91 Å². The third-order valence-electron chi connectivity index (χ3n) is 3.62. The van der Waals surface area contributed by atoms with Crippen LogP contribution in [0.15, 0.2) is 29.2 Å². The average molecular weight is 382 g/mol. The van der Waals surface area contributed by atoms with E-state index in [4.69, 9.17) is 0 Å². The maximum atomic E-state index is 12.5. The van der Waals surface area contributed by atoms with Crippen LogP contribution in [0.3, 0.4) is 0 Å². The highest BCUT2D eigenvalue weighted by Crippen LogP contribution is 2.22. The number of nitrogens with zero attached hydrogens (tertiary/aromatic N) is 2. The van der Waals surface area contributed by atoms with Crippen molar-refractivity contribution in [2.24, 2.45) is 0 Å². The Morgan fingerprint density at radius 2 is 1.88 bits per heavy atom. The summed E-state index contributed by atoms with van der Waals surface area (Å²) in [6.07, 6.45) is 4.63. The van der Waals surface area contributed by atoms with E-state index < -0.39 is 15.7 Å². The van der Waals surface area contributed by atoms with Crippen molar-refractivity contribution in [2.45, 2.75) is 50.8 Å². The number of carbonyl (C=O) groups excluding carboxylic acids is 1. The Balaban J connectivity index is 2.14. The summed E-state index contributed by atoms with van der Waals surface area (Å²) in [5.41, 5.74) is 0.138. The quantitative estimate of drug-likeness (QED) is 0.669. The highest BCUT2D eigenvalue weighted by Gasteiger charge is 2.22. The molecule has 0 saturated carbocycles. The van der Waals surface area contributed by atoms with E-state index in [0.717, 1.165) is 30.7 Å². The number of rotatable bonds is 9. The lowest BCUT2D eigenvalue weighted by atomic mass is 10.2. The van der Waals surface area contributed by atoms with E-state index in [1.54, 1.807) is 19.1 Å². The van der Waals surface area contributed by atoms with E-state index in [-0.39, 0.29) is 16.2 Å². The first kappa shape index (κ1) is 19.5. The minimum Gasteiger partial charge on any atom is -0.296 e. The fourth-order valence-electron chi connectivity index (χ4n) is 2.40. The monoisotopic (exact) mass is 381 g/mol. The average Bonchev–Trinajstić information content (AvgIpc) is 3.02. The molecule has 0 radical (unpaired) electrons. The van der Waals surface area contributed by atoms with Crippen molar-refractivity contribution in [2.75, 3.05) is 11.1 Å². The fourth-order valence-corrected chi connectivity index (χ4v) is 4.72. The Bertz CT molecular complexity index is 816. The number of unbranched alkanes of at least 4 members (excludes halogenated alkanes) is 2. The third-order valence-corrected chi connectivity index (χ3v) is 6.49. The van der Waals surface area contributed by atoms with Crippen LogP contribution >= 0.6 is 11.3 Å². The van der Waals surface area contributed by atoms with Gasteiger partial charge in [0.15, 0.2) is 9.84 Å². The first-order valence-electron chi connectivity index (χ1n) is 8.43. The van der Waals surface area contributed by atoms with Gasteiger partial charge in [-0.05, 0) is 25.0 Å². The molecule has 0 aliphatic carbocycles. The van der Waals surface area contributed by atoms with Gasteiger partial charge in [0.05, 0.1) is 16.2 Å². The van der Waals surface area contributed by atoms with E-state index in [0.29, 0.717) is 11.6 Å². The van der Waals surface area contributed by atoms with Gasteiger partial charge >= 0.3 is 0 Å². The molecule has 1 aromatic carbocycles. The summed E-state index contributed by atoms with van der Waals surface area (Å²) in [7, 11) is -3.48. The van der Waals surface area contributed by atoms with Crippen LogP contribution in [-0.4, -0.2) is 30.3 Å². The van der Waals surface area contributed by atoms with Gasteiger partial charge in [-0.25, -0.2) is 8.42 Å². The minimum absolute atomic E-state index is 0.0116. The molecule has 0 aliphatic heterocycles. The van der Waals surface area contributed by atoms with E-state index in [9.17, 15) is 13.2 Å². The number of aromatic nitrogens is 2. The Labute approximate surface area is 152 Å². The molecule has 0 bridgehead atoms. The van der Waals surface area contributed by atoms with Gasteiger partial charge in [0.2, 0.25) is 5.13 Å². The number of hydrogen-bond donors (Lipinski definition) is 1. The summed E-state index contributed by atoms with van der Waals surface area (Å²) in [5, 5.41) is 12.0. The molecule has 0 saturated heterocycles. The number of aryl methyl sites for hydroxylation is 1. The zero-order chi connectivity index (χ0) is 18.3. The molecule has 0 fully saturated rings. The number of benzene rings is 1. The van der Waals surface area contributed by atoms with E-state index in [1.807, 2.05) is 0 Å². The largest absolute Gasteiger partial charge is 0.296 e. The second-order valence-electron chi connectivity index (χ2n) is 5.73. The summed E-state index contributed by atoms with van der Waals surface area (Å²) in [5.74, 6) is -0.468. The van der Waals surface area contributed by atoms with Crippen molar-refractivity contribution < 1.29 is 13.2 Å². The summed E-state index contributed by atoms with van der Waals surface area (Å²) >= 11 is 1.33. The van der Waals surface area contributed by atoms with Gasteiger partial charge in [-0.15, -0.1) is 10.2 Å². The molecule has 1 aromatic heterocycles. The molecule has 0 unspecified atom stereocenters. The van der Waals surface area contributed by atoms with Crippen molar-refractivity contribution in [3.63, 3.8) is 0 Å². The smallest absolute Gasteiger partial charge is 0.258 e. The predicted molar refractivity (Wildman–Crippen MR) is 99.9 cm³/mol. The lowest BCUT2D eigenvalue weighted by molar-refractivity contribution is 0.102. The van der Waals surface area contributed by atoms with Crippen molar-refractivity contribution in [3.05, 3.63) is 34.8 Å². The van der Waals surface area contributed by atoms with E-state index in [2.05, 4.69) is 22.4 Å². The van der Waals surface area contributed by atoms with Gasteiger partial charge in [-0.1, -0.05) is 50.2 Å². The molecule has 1 N–H and O–H groups in total. The Kier molecular flexibility index (Phi) is 7.07. The molecule has 136 valence electrons. The second kappa shape index (κ2) is 9.05. The number of anilines is 1. The van der Waals surface area contributed by atoms with E-state index in [1.165, 1.54) is 23.5 Å². The number of sulfone groups is 1. The van der Waals surface area contributed by atoms with Crippen molar-refractivity contribution in [3.8, 4) is 0 Å². The third kappa shape index (κ3) is 5.34. The number of nitrogens with one attached hydrogen (secondary N) is 1. The number of hydrogen-bond acceptors (Lipinski definition) is 6. The van der Waals surface area contributed by atoms with Crippen molar-refractivity contribution in [1.82, 2.24) is 10.2 Å². The van der Waals surface area contributed by atoms with Crippen LogP contribution in [-0.2, 0) is 16.3 Å². The topological polar surface area (TPSA) is 89.0 Å². The van der Waals surface area contributed by atoms with Crippen LogP contribution in [0.5, 0.6) is 0 Å². The highest BCUT2D eigenvalue weighted by molar-refractivity contribution is 7.91. The normalized spacial score (nSPS) is 11.4. The molecule has 2 rings (SSSR count). The molecule has 0 aliphatic rings. The van der Waals surface area contributed by atoms with Crippen LogP contribution in [0.1, 0.15) is 54.9 Å². The molecule has 0 atom stereocenters. The van der Waals surface area contributed by atoms with Crippen molar-refractivity contribution >= 4 is 32.2 Å². The zero-order valence-electron chi connectivity index (χ0n) is 14.5. The summed E-state index contributed by atoms with van der Waals surface area (Å²) in [6, 6.07) is 6.25. The summed E-state index contributed by atoms with van der Waals surface area (Å²) in [4.78, 5) is 12.6. The molecular weight excluding hydrogens is 358 g/mol. The first-order chi connectivity index (χ1) is 12.0. The molecule has 0 spiro atoms. The summed E-state index contributed by atoms with van der Waals surface area (Å²) in [6.45, 7) is 3.93. The zero-order valence-corrected chi connectivity index (χ0v) is 16.1. The van der Waals surface area contributed by atoms with Gasteiger partial charge < -0.3 is 0 Å². The number of amides is 1. The fraction of sp³-hybridized carbons (Fsp3) is 0.471. The Hall–Kier alpha value is -1.80. The first-order valence-corrected chi connectivity index (χ1v) is 10.9. The number of carbonyl (C=O) groups is 1. The SMILES string of the molecule is CCCCCc1nnc(NC(=O)c2ccccc2S(=O)(=O)CCC)s1. The minimum atomic E-state index is -3.48. The van der Waals surface area contributed by atoms with Crippen LogP contribution in [0.2, 0.25) is 0 Å². The maximum absolute atomic E-state index is 12.5. The highest BCUT2D eigenvalue weighted by atomic mass is 32.2. The lowest BCUT2D eigenvalue weighted by Gasteiger charge is -2.09. The molecule has 6 nitrogen and oxygen atoms in total. The Morgan fingerprint density at radius 1 is 1.12 bits per heavy atom. The molecule has 25 heavy (non-hydrogen) atoms. The van der Waals surface area contributed by atoms with Crippen LogP contribution in [0, 0.1) is 0 Å². The second-order valence-corrected chi connectivity index (χ2v) is 8.87. The lowest BCUT2D eigenvalue weighted by Crippen LogP contribution is -2.17. The van der Waals surface area contributed by atoms with Gasteiger partial charge in [-0.2, -0.15) is 0 Å². The van der Waals surface area contributed by atoms with E-state index >= 15 is 0 Å². The standard InChI is InChI=1S/C17H23N3O3S2/c1-3-5-6-11-15-19-20-17(24-15)18-16(21)13-9-7-8-10-14(13)25(22,23)12-4-2/h7-10H,3-6,11-12H2,1-2H3,(H,18,20,21). The molecule has 2 aromatic rings. The predicted octanol–water partition coefficient (Wildman–Crippen LogP) is 3.71. The van der Waals surface area contributed by atoms with Crippen LogP contribution in [0.25, 0.3) is 0 Å². The maximum Gasteiger partial charge on any atom is 0.258 e.